The summed E-state index contributed by atoms with van der Waals surface area (Å²) >= 11 is 5.16. The van der Waals surface area contributed by atoms with Crippen LogP contribution in [0.15, 0.2) is 66.7 Å². The van der Waals surface area contributed by atoms with Crippen molar-refractivity contribution in [3.05, 3.63) is 72.3 Å². The third kappa shape index (κ3) is 4.99. The van der Waals surface area contributed by atoms with Gasteiger partial charge in [0.1, 0.15) is 0 Å². The van der Waals surface area contributed by atoms with E-state index in [-0.39, 0.29) is 0 Å². The van der Waals surface area contributed by atoms with Crippen molar-refractivity contribution in [1.82, 2.24) is 0 Å². The number of halogens is 1. The summed E-state index contributed by atoms with van der Waals surface area (Å²) in [6, 6.07) is 20.7. The number of rotatable bonds is 1. The molecule has 0 radical (unpaired) electrons. The van der Waals surface area contributed by atoms with Crippen molar-refractivity contribution in [2.75, 3.05) is 0 Å². The van der Waals surface area contributed by atoms with Gasteiger partial charge in [-0.1, -0.05) is 66.7 Å². The van der Waals surface area contributed by atoms with E-state index in [0.29, 0.717) is 5.56 Å². The van der Waals surface area contributed by atoms with Gasteiger partial charge in [0.05, 0.1) is 0 Å². The van der Waals surface area contributed by atoms with Gasteiger partial charge in [-0.25, -0.2) is 0 Å². The van der Waals surface area contributed by atoms with Crippen molar-refractivity contribution in [1.29, 1.82) is 0 Å². The molecule has 0 saturated carbocycles. The highest BCUT2D eigenvalue weighted by molar-refractivity contribution is 6.67. The second-order valence-electron chi connectivity index (χ2n) is 2.79. The molecule has 2 heteroatoms. The van der Waals surface area contributed by atoms with Crippen LogP contribution in [0.2, 0.25) is 0 Å². The lowest BCUT2D eigenvalue weighted by Gasteiger charge is -1.87. The van der Waals surface area contributed by atoms with Crippen molar-refractivity contribution in [3.63, 3.8) is 0 Å². The Hall–Kier alpha value is -1.60. The van der Waals surface area contributed by atoms with Crippen LogP contribution < -0.4 is 0 Å². The number of benzene rings is 2. The summed E-state index contributed by atoms with van der Waals surface area (Å²) in [6.07, 6.45) is 0. The Morgan fingerprint density at radius 2 is 1.07 bits per heavy atom. The van der Waals surface area contributed by atoms with E-state index in [0.717, 1.165) is 0 Å². The molecule has 0 saturated heterocycles. The van der Waals surface area contributed by atoms with Crippen LogP contribution >= 0.6 is 11.6 Å². The van der Waals surface area contributed by atoms with Gasteiger partial charge in [0.15, 0.2) is 0 Å². The smallest absolute Gasteiger partial charge is 0.252 e. The fraction of sp³-hybridized carbons (Fsp3) is 0. The van der Waals surface area contributed by atoms with Crippen molar-refractivity contribution < 1.29 is 4.79 Å². The van der Waals surface area contributed by atoms with Crippen molar-refractivity contribution in [3.8, 4) is 0 Å². The summed E-state index contributed by atoms with van der Waals surface area (Å²) in [4.78, 5) is 10.4. The highest BCUT2D eigenvalue weighted by Gasteiger charge is 1.95. The molecule has 0 N–H and O–H groups in total. The zero-order chi connectivity index (χ0) is 10.9. The molecule has 0 amide bonds. The van der Waals surface area contributed by atoms with Crippen LogP contribution in [-0.2, 0) is 0 Å². The average molecular weight is 219 g/mol. The van der Waals surface area contributed by atoms with E-state index in [1.807, 2.05) is 42.5 Å². The lowest BCUT2D eigenvalue weighted by atomic mass is 10.2. The molecule has 2 rings (SSSR count). The molecule has 76 valence electrons. The van der Waals surface area contributed by atoms with Crippen molar-refractivity contribution >= 4 is 16.8 Å². The van der Waals surface area contributed by atoms with Crippen molar-refractivity contribution in [2.24, 2.45) is 0 Å². The monoisotopic (exact) mass is 218 g/mol. The zero-order valence-corrected chi connectivity index (χ0v) is 8.89. The molecule has 2 aromatic rings. The average Bonchev–Trinajstić information content (AvgIpc) is 2.33. The Balaban J connectivity index is 0.000000162. The Labute approximate surface area is 94.3 Å². The molecule has 0 aliphatic rings. The van der Waals surface area contributed by atoms with Gasteiger partial charge in [-0.3, -0.25) is 4.79 Å². The molecule has 0 heterocycles. The molecule has 0 aliphatic heterocycles. The summed E-state index contributed by atoms with van der Waals surface area (Å²) in [5, 5.41) is -0.407. The zero-order valence-electron chi connectivity index (χ0n) is 8.14. The molecule has 0 unspecified atom stereocenters. The first kappa shape index (κ1) is 11.5. The van der Waals surface area contributed by atoms with E-state index in [1.165, 1.54) is 0 Å². The number of hydrogen-bond donors (Lipinski definition) is 0. The van der Waals surface area contributed by atoms with E-state index in [1.54, 1.807) is 24.3 Å². The predicted molar refractivity (Wildman–Crippen MR) is 63.1 cm³/mol. The lowest BCUT2D eigenvalue weighted by Crippen LogP contribution is -1.84. The molecule has 0 atom stereocenters. The van der Waals surface area contributed by atoms with Crippen LogP contribution in [0.4, 0.5) is 0 Å². The van der Waals surface area contributed by atoms with E-state index >= 15 is 0 Å². The van der Waals surface area contributed by atoms with Gasteiger partial charge < -0.3 is 0 Å². The minimum atomic E-state index is -0.407. The largest absolute Gasteiger partial charge is 0.276 e. The van der Waals surface area contributed by atoms with Gasteiger partial charge in [-0.2, -0.15) is 0 Å². The van der Waals surface area contributed by atoms with E-state index in [2.05, 4.69) is 0 Å². The van der Waals surface area contributed by atoms with E-state index < -0.39 is 5.24 Å². The Bertz CT molecular complexity index is 357. The topological polar surface area (TPSA) is 17.1 Å². The summed E-state index contributed by atoms with van der Waals surface area (Å²) in [5.41, 5.74) is 0.541. The molecule has 2 aromatic carbocycles. The summed E-state index contributed by atoms with van der Waals surface area (Å²) in [5.74, 6) is 0. The molecular formula is C13H11ClO. The molecule has 0 aliphatic carbocycles. The molecule has 0 fully saturated rings. The maximum atomic E-state index is 10.4. The molecule has 0 bridgehead atoms. The quantitative estimate of drug-likeness (QED) is 0.667. The minimum absolute atomic E-state index is 0.407. The van der Waals surface area contributed by atoms with Crippen LogP contribution in [0.25, 0.3) is 0 Å². The lowest BCUT2D eigenvalue weighted by molar-refractivity contribution is 0.108. The van der Waals surface area contributed by atoms with Crippen molar-refractivity contribution in [2.45, 2.75) is 0 Å². The summed E-state index contributed by atoms with van der Waals surface area (Å²) < 4.78 is 0. The maximum absolute atomic E-state index is 10.4. The fourth-order valence-electron chi connectivity index (χ4n) is 0.954. The minimum Gasteiger partial charge on any atom is -0.276 e. The van der Waals surface area contributed by atoms with Gasteiger partial charge >= 0.3 is 0 Å². The van der Waals surface area contributed by atoms with Gasteiger partial charge in [-0.15, -0.1) is 0 Å². The van der Waals surface area contributed by atoms with Gasteiger partial charge in [0.2, 0.25) is 0 Å². The summed E-state index contributed by atoms with van der Waals surface area (Å²) in [6.45, 7) is 0. The molecule has 0 aromatic heterocycles. The Morgan fingerprint density at radius 1 is 0.733 bits per heavy atom. The van der Waals surface area contributed by atoms with Gasteiger partial charge in [0.25, 0.3) is 5.24 Å². The first-order chi connectivity index (χ1) is 7.30. The van der Waals surface area contributed by atoms with Crippen LogP contribution in [0, 0.1) is 0 Å². The number of carbonyl (C=O) groups is 1. The van der Waals surface area contributed by atoms with Crippen LogP contribution in [0.5, 0.6) is 0 Å². The Morgan fingerprint density at radius 3 is 1.33 bits per heavy atom. The highest BCUT2D eigenvalue weighted by atomic mass is 35.5. The normalized spacial score (nSPS) is 8.60. The molecule has 0 spiro atoms. The van der Waals surface area contributed by atoms with Crippen LogP contribution in [0.3, 0.4) is 0 Å². The number of hydrogen-bond acceptors (Lipinski definition) is 1. The Kier molecular flexibility index (Phi) is 5.20. The van der Waals surface area contributed by atoms with Gasteiger partial charge in [0, 0.05) is 5.56 Å². The SMILES string of the molecule is O=C(Cl)c1ccccc1.c1ccccc1. The number of carbonyl (C=O) groups excluding carboxylic acids is 1. The second-order valence-corrected chi connectivity index (χ2v) is 3.14. The first-order valence-electron chi connectivity index (χ1n) is 4.55. The fourth-order valence-corrected chi connectivity index (χ4v) is 1.08. The molecular weight excluding hydrogens is 208 g/mol. The predicted octanol–water partition coefficient (Wildman–Crippen LogP) is 3.75. The molecule has 1 nitrogen and oxygen atoms in total. The summed E-state index contributed by atoms with van der Waals surface area (Å²) in [7, 11) is 0. The van der Waals surface area contributed by atoms with E-state index in [4.69, 9.17) is 11.6 Å². The van der Waals surface area contributed by atoms with E-state index in [9.17, 15) is 4.79 Å². The standard InChI is InChI=1S/C7H5ClO.C6H6/c8-7(9)6-4-2-1-3-5-6;1-2-4-6-5-3-1/h1-5H;1-6H. The van der Waals surface area contributed by atoms with Gasteiger partial charge in [-0.05, 0) is 11.6 Å². The molecule has 15 heavy (non-hydrogen) atoms. The van der Waals surface area contributed by atoms with Crippen LogP contribution in [-0.4, -0.2) is 5.24 Å². The maximum Gasteiger partial charge on any atom is 0.252 e. The third-order valence-corrected chi connectivity index (χ3v) is 1.89. The van der Waals surface area contributed by atoms with Crippen LogP contribution in [0.1, 0.15) is 10.4 Å². The first-order valence-corrected chi connectivity index (χ1v) is 4.93. The second kappa shape index (κ2) is 6.80. The third-order valence-electron chi connectivity index (χ3n) is 1.67. The highest BCUT2D eigenvalue weighted by Crippen LogP contribution is 2.01.